The molecule has 0 radical (unpaired) electrons. The third-order valence-corrected chi connectivity index (χ3v) is 5.04. The molecule has 3 nitrogen and oxygen atoms in total. The van der Waals surface area contributed by atoms with E-state index in [4.69, 9.17) is 23.8 Å². The highest BCUT2D eigenvalue weighted by Crippen LogP contribution is 2.32. The first-order valence-corrected chi connectivity index (χ1v) is 8.73. The van der Waals surface area contributed by atoms with Gasteiger partial charge in [-0.25, -0.2) is 0 Å². The summed E-state index contributed by atoms with van der Waals surface area (Å²) in [5, 5.41) is 1.18. The molecule has 0 bridgehead atoms. The number of hydrogen-bond acceptors (Lipinski definition) is 2. The lowest BCUT2D eigenvalue weighted by molar-refractivity contribution is -0.119. The fourth-order valence-corrected chi connectivity index (χ4v) is 3.81. The summed E-state index contributed by atoms with van der Waals surface area (Å²) in [6.07, 6.45) is 0.430. The van der Waals surface area contributed by atoms with Gasteiger partial charge in [0.1, 0.15) is 0 Å². The van der Waals surface area contributed by atoms with Crippen LogP contribution in [0.5, 0.6) is 0 Å². The van der Waals surface area contributed by atoms with E-state index in [9.17, 15) is 4.79 Å². The van der Waals surface area contributed by atoms with Crippen LogP contribution in [0.2, 0.25) is 5.02 Å². The lowest BCUT2D eigenvalue weighted by Crippen LogP contribution is -2.56. The van der Waals surface area contributed by atoms with Gasteiger partial charge in [0, 0.05) is 17.5 Å². The fraction of sp³-hybridized carbons (Fsp3) is 0.263. The van der Waals surface area contributed by atoms with Crippen molar-refractivity contribution in [2.45, 2.75) is 32.4 Å². The number of hydrogen-bond donors (Lipinski definition) is 0. The Morgan fingerprint density at radius 3 is 2.38 bits per heavy atom. The predicted molar refractivity (Wildman–Crippen MR) is 102 cm³/mol. The summed E-state index contributed by atoms with van der Waals surface area (Å²) < 4.78 is 0. The topological polar surface area (TPSA) is 23.6 Å². The molecule has 124 valence electrons. The minimum atomic E-state index is 0.0198. The lowest BCUT2D eigenvalue weighted by atomic mass is 10.0. The zero-order valence-corrected chi connectivity index (χ0v) is 15.2. The molecular weight excluding hydrogens is 340 g/mol. The molecule has 2 atom stereocenters. The van der Waals surface area contributed by atoms with Crippen LogP contribution in [0.3, 0.4) is 0 Å². The molecule has 2 aromatic carbocycles. The second-order valence-corrected chi connectivity index (χ2v) is 6.84. The maximum absolute atomic E-state index is 12.6. The Labute approximate surface area is 152 Å². The van der Waals surface area contributed by atoms with Crippen LogP contribution < -0.4 is 4.90 Å². The molecule has 0 N–H and O–H groups in total. The molecule has 5 heteroatoms. The zero-order chi connectivity index (χ0) is 17.3. The van der Waals surface area contributed by atoms with Crippen molar-refractivity contribution in [1.29, 1.82) is 0 Å². The SMILES string of the molecule is C[C@@H]1CC(=O)N(c2ccc(Cl)cc2)C(=S)N1[C@@H](C)c1ccccc1. The van der Waals surface area contributed by atoms with Gasteiger partial charge in [-0.05, 0) is 55.9 Å². The van der Waals surface area contributed by atoms with Gasteiger partial charge < -0.3 is 4.90 Å². The predicted octanol–water partition coefficient (Wildman–Crippen LogP) is 4.81. The van der Waals surface area contributed by atoms with E-state index in [0.29, 0.717) is 16.6 Å². The first kappa shape index (κ1) is 16.9. The molecule has 1 amide bonds. The first-order chi connectivity index (χ1) is 11.5. The fourth-order valence-electron chi connectivity index (χ4n) is 3.14. The van der Waals surface area contributed by atoms with Crippen LogP contribution in [0.15, 0.2) is 54.6 Å². The van der Waals surface area contributed by atoms with E-state index in [1.54, 1.807) is 17.0 Å². The van der Waals surface area contributed by atoms with Crippen LogP contribution in [0.4, 0.5) is 5.69 Å². The molecule has 1 aliphatic rings. The van der Waals surface area contributed by atoms with Gasteiger partial charge >= 0.3 is 0 Å². The molecule has 0 spiro atoms. The van der Waals surface area contributed by atoms with Crippen LogP contribution in [0.1, 0.15) is 31.9 Å². The van der Waals surface area contributed by atoms with Crippen molar-refractivity contribution < 1.29 is 4.79 Å². The van der Waals surface area contributed by atoms with E-state index in [0.717, 1.165) is 5.69 Å². The van der Waals surface area contributed by atoms with Crippen LogP contribution in [-0.4, -0.2) is 22.0 Å². The highest BCUT2D eigenvalue weighted by Gasteiger charge is 2.37. The smallest absolute Gasteiger partial charge is 0.235 e. The average molecular weight is 359 g/mol. The van der Waals surface area contributed by atoms with Crippen LogP contribution in [-0.2, 0) is 4.79 Å². The average Bonchev–Trinajstić information content (AvgIpc) is 2.57. The number of rotatable bonds is 3. The molecule has 3 rings (SSSR count). The van der Waals surface area contributed by atoms with E-state index < -0.39 is 0 Å². The van der Waals surface area contributed by atoms with Gasteiger partial charge in [0.2, 0.25) is 5.91 Å². The number of nitrogens with zero attached hydrogens (tertiary/aromatic N) is 2. The highest BCUT2D eigenvalue weighted by molar-refractivity contribution is 7.80. The number of halogens is 1. The van der Waals surface area contributed by atoms with Crippen molar-refractivity contribution in [2.24, 2.45) is 0 Å². The second kappa shape index (κ2) is 6.91. The largest absolute Gasteiger partial charge is 0.339 e. The van der Waals surface area contributed by atoms with E-state index in [1.165, 1.54) is 5.56 Å². The number of benzene rings is 2. The normalized spacial score (nSPS) is 19.5. The maximum Gasteiger partial charge on any atom is 0.235 e. The van der Waals surface area contributed by atoms with Crippen molar-refractivity contribution in [1.82, 2.24) is 4.90 Å². The van der Waals surface area contributed by atoms with E-state index in [-0.39, 0.29) is 18.0 Å². The lowest BCUT2D eigenvalue weighted by Gasteiger charge is -2.44. The number of carbonyl (C=O) groups excluding carboxylic acids is 1. The Hall–Kier alpha value is -1.91. The molecular formula is C19H19ClN2OS. The molecule has 0 unspecified atom stereocenters. The molecule has 1 fully saturated rings. The summed E-state index contributed by atoms with van der Waals surface area (Å²) in [6, 6.07) is 17.6. The number of carbonyl (C=O) groups is 1. The third-order valence-electron chi connectivity index (χ3n) is 4.39. The van der Waals surface area contributed by atoms with Crippen LogP contribution in [0, 0.1) is 0 Å². The van der Waals surface area contributed by atoms with Crippen molar-refractivity contribution in [2.75, 3.05) is 4.90 Å². The third kappa shape index (κ3) is 3.17. The minimum absolute atomic E-state index is 0.0198. The molecule has 1 aliphatic heterocycles. The van der Waals surface area contributed by atoms with Gasteiger partial charge in [-0.2, -0.15) is 0 Å². The highest BCUT2D eigenvalue weighted by atomic mass is 35.5. The molecule has 0 aromatic heterocycles. The van der Waals surface area contributed by atoms with Crippen LogP contribution >= 0.6 is 23.8 Å². The van der Waals surface area contributed by atoms with Crippen molar-refractivity contribution in [3.63, 3.8) is 0 Å². The van der Waals surface area contributed by atoms with Crippen molar-refractivity contribution in [3.8, 4) is 0 Å². The monoisotopic (exact) mass is 358 g/mol. The summed E-state index contributed by atoms with van der Waals surface area (Å²) in [4.78, 5) is 16.3. The summed E-state index contributed by atoms with van der Waals surface area (Å²) in [5.41, 5.74) is 1.93. The van der Waals surface area contributed by atoms with Crippen molar-refractivity contribution in [3.05, 3.63) is 65.2 Å². The summed E-state index contributed by atoms with van der Waals surface area (Å²) in [6.45, 7) is 4.16. The number of amides is 1. The van der Waals surface area contributed by atoms with Gasteiger partial charge in [0.05, 0.1) is 11.7 Å². The van der Waals surface area contributed by atoms with Crippen molar-refractivity contribution >= 4 is 40.5 Å². The van der Waals surface area contributed by atoms with Gasteiger partial charge in [-0.15, -0.1) is 0 Å². The minimum Gasteiger partial charge on any atom is -0.339 e. The molecule has 1 saturated heterocycles. The Bertz CT molecular complexity index is 748. The van der Waals surface area contributed by atoms with E-state index in [1.807, 2.05) is 37.3 Å². The Morgan fingerprint density at radius 1 is 1.12 bits per heavy atom. The Balaban J connectivity index is 1.94. The first-order valence-electron chi connectivity index (χ1n) is 7.95. The molecule has 2 aromatic rings. The molecule has 0 saturated carbocycles. The molecule has 1 heterocycles. The summed E-state index contributed by atoms with van der Waals surface area (Å²) >= 11 is 11.7. The summed E-state index contributed by atoms with van der Waals surface area (Å²) in [5.74, 6) is 0.0198. The van der Waals surface area contributed by atoms with Crippen LogP contribution in [0.25, 0.3) is 0 Å². The zero-order valence-electron chi connectivity index (χ0n) is 13.6. The maximum atomic E-state index is 12.6. The Kier molecular flexibility index (Phi) is 4.88. The Morgan fingerprint density at radius 2 is 1.75 bits per heavy atom. The molecule has 24 heavy (non-hydrogen) atoms. The summed E-state index contributed by atoms with van der Waals surface area (Å²) in [7, 11) is 0. The number of anilines is 1. The molecule has 0 aliphatic carbocycles. The van der Waals surface area contributed by atoms with Gasteiger partial charge in [0.15, 0.2) is 5.11 Å². The van der Waals surface area contributed by atoms with Gasteiger partial charge in [0.25, 0.3) is 0 Å². The standard InChI is InChI=1S/C19H19ClN2OS/c1-13-12-18(23)22(17-10-8-16(20)9-11-17)19(24)21(13)14(2)15-6-4-3-5-7-15/h3-11,13-14H,12H2,1-2H3/t13-,14+/m1/s1. The van der Waals surface area contributed by atoms with E-state index >= 15 is 0 Å². The van der Waals surface area contributed by atoms with Gasteiger partial charge in [-0.3, -0.25) is 9.69 Å². The van der Waals surface area contributed by atoms with E-state index in [2.05, 4.69) is 24.0 Å². The number of thiocarbonyl (C=S) groups is 1. The second-order valence-electron chi connectivity index (χ2n) is 6.04. The quantitative estimate of drug-likeness (QED) is 0.735. The van der Waals surface area contributed by atoms with Gasteiger partial charge in [-0.1, -0.05) is 41.9 Å².